The SMILES string of the molecule is CCC1(OCc2cc(F)cc(Oc3ccccc3)c2)CCC(C)(CBr)C1. The molecule has 1 aliphatic carbocycles. The van der Waals surface area contributed by atoms with Gasteiger partial charge in [0.15, 0.2) is 0 Å². The number of ether oxygens (including phenoxy) is 2. The number of benzene rings is 2. The van der Waals surface area contributed by atoms with Crippen LogP contribution in [0.25, 0.3) is 0 Å². The molecular formula is C22H26BrFO2. The van der Waals surface area contributed by atoms with Crippen molar-refractivity contribution < 1.29 is 13.9 Å². The molecule has 1 saturated carbocycles. The second kappa shape index (κ2) is 8.10. The molecule has 26 heavy (non-hydrogen) atoms. The molecule has 0 heterocycles. The molecule has 2 atom stereocenters. The first-order valence-corrected chi connectivity index (χ1v) is 10.3. The molecule has 0 amide bonds. The van der Waals surface area contributed by atoms with Crippen LogP contribution in [0.5, 0.6) is 11.5 Å². The lowest BCUT2D eigenvalue weighted by atomic mass is 9.88. The first-order valence-electron chi connectivity index (χ1n) is 9.18. The molecule has 2 unspecified atom stereocenters. The van der Waals surface area contributed by atoms with Gasteiger partial charge in [-0.1, -0.05) is 48.0 Å². The fraction of sp³-hybridized carbons (Fsp3) is 0.455. The molecule has 0 aliphatic heterocycles. The largest absolute Gasteiger partial charge is 0.457 e. The number of alkyl halides is 1. The molecule has 0 saturated heterocycles. The van der Waals surface area contributed by atoms with E-state index in [9.17, 15) is 4.39 Å². The van der Waals surface area contributed by atoms with Crippen molar-refractivity contribution in [2.45, 2.75) is 51.7 Å². The van der Waals surface area contributed by atoms with E-state index in [-0.39, 0.29) is 16.8 Å². The van der Waals surface area contributed by atoms with Crippen molar-refractivity contribution in [3.05, 3.63) is 59.9 Å². The predicted molar refractivity (Wildman–Crippen MR) is 106 cm³/mol. The molecule has 1 aliphatic rings. The molecule has 2 aromatic rings. The normalized spacial score (nSPS) is 25.4. The molecule has 0 aromatic heterocycles. The van der Waals surface area contributed by atoms with Crippen LogP contribution in [0.15, 0.2) is 48.5 Å². The van der Waals surface area contributed by atoms with E-state index in [1.165, 1.54) is 12.1 Å². The Bertz CT molecular complexity index is 736. The van der Waals surface area contributed by atoms with Crippen LogP contribution in [0.3, 0.4) is 0 Å². The van der Waals surface area contributed by atoms with E-state index in [1.54, 1.807) is 0 Å². The highest BCUT2D eigenvalue weighted by molar-refractivity contribution is 9.09. The van der Waals surface area contributed by atoms with Gasteiger partial charge in [0.25, 0.3) is 0 Å². The number of rotatable bonds is 7. The van der Waals surface area contributed by atoms with E-state index in [0.29, 0.717) is 18.1 Å². The van der Waals surface area contributed by atoms with Crippen LogP contribution in [0, 0.1) is 11.2 Å². The molecule has 0 N–H and O–H groups in total. The lowest BCUT2D eigenvalue weighted by Crippen LogP contribution is -2.30. The zero-order chi connectivity index (χ0) is 18.6. The molecular weight excluding hydrogens is 395 g/mol. The van der Waals surface area contributed by atoms with Gasteiger partial charge in [-0.15, -0.1) is 0 Å². The second-order valence-corrected chi connectivity index (χ2v) is 8.22. The Hall–Kier alpha value is -1.39. The number of para-hydroxylation sites is 1. The molecule has 0 bridgehead atoms. The maximum atomic E-state index is 14.0. The van der Waals surface area contributed by atoms with Crippen LogP contribution < -0.4 is 4.74 Å². The molecule has 2 aromatic carbocycles. The van der Waals surface area contributed by atoms with Crippen LogP contribution in [-0.4, -0.2) is 10.9 Å². The molecule has 2 nitrogen and oxygen atoms in total. The molecule has 3 rings (SSSR count). The van der Waals surface area contributed by atoms with Crippen LogP contribution in [0.2, 0.25) is 0 Å². The fourth-order valence-electron chi connectivity index (χ4n) is 3.75. The Morgan fingerprint density at radius 1 is 1.08 bits per heavy atom. The molecule has 140 valence electrons. The Morgan fingerprint density at radius 3 is 2.50 bits per heavy atom. The van der Waals surface area contributed by atoms with Crippen LogP contribution in [0.1, 0.15) is 45.1 Å². The molecule has 4 heteroatoms. The van der Waals surface area contributed by atoms with Gasteiger partial charge < -0.3 is 9.47 Å². The summed E-state index contributed by atoms with van der Waals surface area (Å²) >= 11 is 3.64. The highest BCUT2D eigenvalue weighted by Gasteiger charge is 2.44. The molecule has 1 fully saturated rings. The van der Waals surface area contributed by atoms with E-state index in [0.717, 1.165) is 36.6 Å². The van der Waals surface area contributed by atoms with Gasteiger partial charge in [-0.3, -0.25) is 0 Å². The summed E-state index contributed by atoms with van der Waals surface area (Å²) in [5.74, 6) is 0.884. The summed E-state index contributed by atoms with van der Waals surface area (Å²) in [5.41, 5.74) is 0.964. The van der Waals surface area contributed by atoms with Gasteiger partial charge in [0, 0.05) is 11.4 Å². The van der Waals surface area contributed by atoms with E-state index >= 15 is 0 Å². The zero-order valence-electron chi connectivity index (χ0n) is 15.4. The average molecular weight is 421 g/mol. The zero-order valence-corrected chi connectivity index (χ0v) is 17.0. The second-order valence-electron chi connectivity index (χ2n) is 7.66. The van der Waals surface area contributed by atoms with Gasteiger partial charge >= 0.3 is 0 Å². The summed E-state index contributed by atoms with van der Waals surface area (Å²) in [6.07, 6.45) is 4.20. The van der Waals surface area contributed by atoms with Gasteiger partial charge in [0.2, 0.25) is 0 Å². The first-order chi connectivity index (χ1) is 12.5. The van der Waals surface area contributed by atoms with Gasteiger partial charge in [-0.05, 0) is 60.9 Å². The predicted octanol–water partition coefficient (Wildman–Crippen LogP) is 6.87. The van der Waals surface area contributed by atoms with Crippen molar-refractivity contribution in [1.29, 1.82) is 0 Å². The summed E-state index contributed by atoms with van der Waals surface area (Å²) < 4.78 is 26.2. The minimum Gasteiger partial charge on any atom is -0.457 e. The minimum absolute atomic E-state index is 0.116. The van der Waals surface area contributed by atoms with Crippen molar-refractivity contribution in [3.63, 3.8) is 0 Å². The van der Waals surface area contributed by atoms with Gasteiger partial charge in [-0.25, -0.2) is 4.39 Å². The molecule has 0 spiro atoms. The smallest absolute Gasteiger partial charge is 0.130 e. The standard InChI is InChI=1S/C22H26BrFO2/c1-3-22(10-9-21(2,15-22)16-23)25-14-17-11-18(24)13-20(12-17)26-19-7-5-4-6-8-19/h4-8,11-13H,3,9-10,14-16H2,1-2H3. The van der Waals surface area contributed by atoms with Crippen molar-refractivity contribution >= 4 is 15.9 Å². The van der Waals surface area contributed by atoms with Crippen molar-refractivity contribution in [2.75, 3.05) is 5.33 Å². The van der Waals surface area contributed by atoms with Crippen LogP contribution in [-0.2, 0) is 11.3 Å². The lowest BCUT2D eigenvalue weighted by molar-refractivity contribution is -0.0602. The highest BCUT2D eigenvalue weighted by Crippen LogP contribution is 2.48. The Kier molecular flexibility index (Phi) is 6.03. The van der Waals surface area contributed by atoms with Crippen LogP contribution >= 0.6 is 15.9 Å². The van der Waals surface area contributed by atoms with E-state index < -0.39 is 0 Å². The summed E-state index contributed by atoms with van der Waals surface area (Å²) in [6.45, 7) is 4.88. The monoisotopic (exact) mass is 420 g/mol. The van der Waals surface area contributed by atoms with E-state index in [4.69, 9.17) is 9.47 Å². The molecule has 0 radical (unpaired) electrons. The summed E-state index contributed by atoms with van der Waals surface area (Å²) in [7, 11) is 0. The van der Waals surface area contributed by atoms with Crippen LogP contribution in [0.4, 0.5) is 4.39 Å². The number of hydrogen-bond acceptors (Lipinski definition) is 2. The summed E-state index contributed by atoms with van der Waals surface area (Å²) in [6, 6.07) is 14.2. The van der Waals surface area contributed by atoms with Crippen molar-refractivity contribution in [3.8, 4) is 11.5 Å². The highest BCUT2D eigenvalue weighted by atomic mass is 79.9. The minimum atomic E-state index is -0.306. The Balaban J connectivity index is 1.70. The summed E-state index contributed by atoms with van der Waals surface area (Å²) in [5, 5.41) is 0.986. The van der Waals surface area contributed by atoms with Gasteiger partial charge in [0.1, 0.15) is 17.3 Å². The third-order valence-electron chi connectivity index (χ3n) is 5.36. The van der Waals surface area contributed by atoms with Gasteiger partial charge in [0.05, 0.1) is 12.2 Å². The van der Waals surface area contributed by atoms with E-state index in [1.807, 2.05) is 36.4 Å². The van der Waals surface area contributed by atoms with Crippen molar-refractivity contribution in [2.24, 2.45) is 5.41 Å². The quantitative estimate of drug-likeness (QED) is 0.454. The third-order valence-corrected chi connectivity index (χ3v) is 6.71. The maximum absolute atomic E-state index is 14.0. The fourth-order valence-corrected chi connectivity index (χ4v) is 4.23. The van der Waals surface area contributed by atoms with Crippen molar-refractivity contribution in [1.82, 2.24) is 0 Å². The first kappa shape index (κ1) is 19.4. The third kappa shape index (κ3) is 4.66. The lowest BCUT2D eigenvalue weighted by Gasteiger charge is -2.31. The Labute approximate surface area is 163 Å². The maximum Gasteiger partial charge on any atom is 0.130 e. The average Bonchev–Trinajstić information content (AvgIpc) is 2.99. The van der Waals surface area contributed by atoms with E-state index in [2.05, 4.69) is 29.8 Å². The summed E-state index contributed by atoms with van der Waals surface area (Å²) in [4.78, 5) is 0. The van der Waals surface area contributed by atoms with Gasteiger partial charge in [-0.2, -0.15) is 0 Å². The number of hydrogen-bond donors (Lipinski definition) is 0. The topological polar surface area (TPSA) is 18.5 Å². The number of halogens is 2. The Morgan fingerprint density at radius 2 is 1.85 bits per heavy atom.